The lowest BCUT2D eigenvalue weighted by molar-refractivity contribution is 0.0428. The van der Waals surface area contributed by atoms with Crippen LogP contribution in [0.15, 0.2) is 0 Å². The van der Waals surface area contributed by atoms with Gasteiger partial charge in [0.15, 0.2) is 0 Å². The molecule has 0 radical (unpaired) electrons. The van der Waals surface area contributed by atoms with E-state index in [4.69, 9.17) is 4.74 Å². The third kappa shape index (κ3) is 0.783. The van der Waals surface area contributed by atoms with Crippen molar-refractivity contribution in [2.45, 2.75) is 46.1 Å². The van der Waals surface area contributed by atoms with E-state index >= 15 is 0 Å². The molecule has 0 aromatic carbocycles. The second kappa shape index (κ2) is 2.25. The summed E-state index contributed by atoms with van der Waals surface area (Å²) < 4.78 is 5.55. The molecule has 2 fully saturated rings. The molecule has 0 spiro atoms. The molecule has 2 aliphatic carbocycles. The average Bonchev–Trinajstić information content (AvgIpc) is 2.33. The Labute approximate surface area is 75.5 Å². The van der Waals surface area contributed by atoms with Gasteiger partial charge in [-0.2, -0.15) is 0 Å². The van der Waals surface area contributed by atoms with Gasteiger partial charge in [-0.05, 0) is 36.0 Å². The molecule has 3 atom stereocenters. The topological polar surface area (TPSA) is 9.23 Å². The van der Waals surface area contributed by atoms with Crippen LogP contribution in [0.1, 0.15) is 40.0 Å². The summed E-state index contributed by atoms with van der Waals surface area (Å²) in [6.07, 6.45) is 4.60. The molecular weight excluding hydrogens is 148 g/mol. The largest absolute Gasteiger partial charge is 0.381 e. The predicted molar refractivity (Wildman–Crippen MR) is 50.0 cm³/mol. The molecule has 0 aromatic rings. The Balaban J connectivity index is 2.30. The summed E-state index contributed by atoms with van der Waals surface area (Å²) in [6.45, 7) is 7.28. The number of hydrogen-bond donors (Lipinski definition) is 0. The Bertz CT molecular complexity index is 194. The second-order valence-corrected chi connectivity index (χ2v) is 5.41. The smallest absolute Gasteiger partial charge is 0.0610 e. The van der Waals surface area contributed by atoms with E-state index in [1.807, 2.05) is 7.11 Å². The fraction of sp³-hybridized carbons (Fsp3) is 1.00. The number of rotatable bonds is 1. The highest BCUT2D eigenvalue weighted by Gasteiger charge is 2.60. The summed E-state index contributed by atoms with van der Waals surface area (Å²) in [4.78, 5) is 0. The van der Waals surface area contributed by atoms with Crippen LogP contribution < -0.4 is 0 Å². The Hall–Kier alpha value is -0.0400. The molecule has 0 heterocycles. The van der Waals surface area contributed by atoms with Crippen molar-refractivity contribution in [3.05, 3.63) is 0 Å². The standard InChI is InChI=1S/C11H20O/c1-10(2)8-5-6-11(10,3)7-9(8)12-4/h8-9H,5-7H2,1-4H3. The highest BCUT2D eigenvalue weighted by atomic mass is 16.5. The Morgan fingerprint density at radius 3 is 2.17 bits per heavy atom. The summed E-state index contributed by atoms with van der Waals surface area (Å²) in [7, 11) is 1.87. The first-order chi connectivity index (χ1) is 5.51. The van der Waals surface area contributed by atoms with Crippen LogP contribution in [0.4, 0.5) is 0 Å². The molecule has 0 amide bonds. The summed E-state index contributed by atoms with van der Waals surface area (Å²) >= 11 is 0. The summed E-state index contributed by atoms with van der Waals surface area (Å²) in [5.74, 6) is 0.812. The maximum atomic E-state index is 5.55. The van der Waals surface area contributed by atoms with Crippen molar-refractivity contribution in [1.82, 2.24) is 0 Å². The normalized spacial score (nSPS) is 50.0. The molecule has 0 aromatic heterocycles. The minimum atomic E-state index is 0.508. The highest BCUT2D eigenvalue weighted by Crippen LogP contribution is 2.65. The van der Waals surface area contributed by atoms with Crippen molar-refractivity contribution in [3.63, 3.8) is 0 Å². The van der Waals surface area contributed by atoms with Crippen molar-refractivity contribution in [2.75, 3.05) is 7.11 Å². The molecule has 2 bridgehead atoms. The Morgan fingerprint density at radius 1 is 1.25 bits per heavy atom. The fourth-order valence-electron chi connectivity index (χ4n) is 3.45. The zero-order valence-corrected chi connectivity index (χ0v) is 8.68. The van der Waals surface area contributed by atoms with Gasteiger partial charge in [-0.25, -0.2) is 0 Å². The van der Waals surface area contributed by atoms with Crippen molar-refractivity contribution < 1.29 is 4.74 Å². The molecule has 3 unspecified atom stereocenters. The first-order valence-corrected chi connectivity index (χ1v) is 5.04. The minimum Gasteiger partial charge on any atom is -0.381 e. The molecule has 2 rings (SSSR count). The van der Waals surface area contributed by atoms with Gasteiger partial charge in [0.2, 0.25) is 0 Å². The van der Waals surface area contributed by atoms with Gasteiger partial charge in [-0.1, -0.05) is 20.8 Å². The van der Waals surface area contributed by atoms with Crippen molar-refractivity contribution in [2.24, 2.45) is 16.7 Å². The lowest BCUT2D eigenvalue weighted by Gasteiger charge is -2.33. The number of methoxy groups -OCH3 is 1. The van der Waals surface area contributed by atoms with E-state index in [0.717, 1.165) is 5.92 Å². The van der Waals surface area contributed by atoms with Crippen LogP contribution in [0.5, 0.6) is 0 Å². The zero-order valence-electron chi connectivity index (χ0n) is 8.68. The van der Waals surface area contributed by atoms with E-state index in [1.54, 1.807) is 0 Å². The van der Waals surface area contributed by atoms with E-state index in [2.05, 4.69) is 20.8 Å². The van der Waals surface area contributed by atoms with Gasteiger partial charge in [0.1, 0.15) is 0 Å². The van der Waals surface area contributed by atoms with Gasteiger partial charge in [0.25, 0.3) is 0 Å². The van der Waals surface area contributed by atoms with Crippen LogP contribution >= 0.6 is 0 Å². The van der Waals surface area contributed by atoms with E-state index < -0.39 is 0 Å². The first-order valence-electron chi connectivity index (χ1n) is 5.04. The number of fused-ring (bicyclic) bond motifs is 2. The van der Waals surface area contributed by atoms with Crippen molar-refractivity contribution in [1.29, 1.82) is 0 Å². The summed E-state index contributed by atoms with van der Waals surface area (Å²) in [5.41, 5.74) is 1.06. The highest BCUT2D eigenvalue weighted by molar-refractivity contribution is 5.10. The second-order valence-electron chi connectivity index (χ2n) is 5.41. The minimum absolute atomic E-state index is 0.508. The van der Waals surface area contributed by atoms with E-state index in [9.17, 15) is 0 Å². The van der Waals surface area contributed by atoms with Crippen molar-refractivity contribution >= 4 is 0 Å². The van der Waals surface area contributed by atoms with Gasteiger partial charge < -0.3 is 4.74 Å². The molecule has 2 aliphatic rings. The molecule has 12 heavy (non-hydrogen) atoms. The van der Waals surface area contributed by atoms with Gasteiger partial charge in [-0.15, -0.1) is 0 Å². The third-order valence-corrected chi connectivity index (χ3v) is 4.89. The Morgan fingerprint density at radius 2 is 1.92 bits per heavy atom. The SMILES string of the molecule is COC1CC2(C)CCC1C2(C)C. The lowest BCUT2D eigenvalue weighted by atomic mass is 9.71. The van der Waals surface area contributed by atoms with Crippen LogP contribution in [0.2, 0.25) is 0 Å². The summed E-state index contributed by atoms with van der Waals surface area (Å²) in [5, 5.41) is 0. The van der Waals surface area contributed by atoms with E-state index in [-0.39, 0.29) is 0 Å². The van der Waals surface area contributed by atoms with Crippen LogP contribution in [0.3, 0.4) is 0 Å². The number of hydrogen-bond acceptors (Lipinski definition) is 1. The quantitative estimate of drug-likeness (QED) is 0.585. The van der Waals surface area contributed by atoms with Gasteiger partial charge in [0.05, 0.1) is 6.10 Å². The molecule has 0 N–H and O–H groups in total. The molecule has 70 valence electrons. The van der Waals surface area contributed by atoms with Crippen LogP contribution in [0.25, 0.3) is 0 Å². The monoisotopic (exact) mass is 168 g/mol. The third-order valence-electron chi connectivity index (χ3n) is 4.89. The van der Waals surface area contributed by atoms with Gasteiger partial charge in [-0.3, -0.25) is 0 Å². The van der Waals surface area contributed by atoms with Crippen molar-refractivity contribution in [3.8, 4) is 0 Å². The van der Waals surface area contributed by atoms with E-state index in [0.29, 0.717) is 16.9 Å². The fourth-order valence-corrected chi connectivity index (χ4v) is 3.45. The van der Waals surface area contributed by atoms with Gasteiger partial charge >= 0.3 is 0 Å². The van der Waals surface area contributed by atoms with Gasteiger partial charge in [0, 0.05) is 7.11 Å². The molecule has 1 nitrogen and oxygen atoms in total. The molecule has 0 aliphatic heterocycles. The molecular formula is C11H20O. The molecule has 2 saturated carbocycles. The molecule has 1 heteroatoms. The van der Waals surface area contributed by atoms with Crippen LogP contribution in [0, 0.1) is 16.7 Å². The molecule has 0 saturated heterocycles. The maximum Gasteiger partial charge on any atom is 0.0610 e. The van der Waals surface area contributed by atoms with E-state index in [1.165, 1.54) is 19.3 Å². The predicted octanol–water partition coefficient (Wildman–Crippen LogP) is 2.85. The Kier molecular flexibility index (Phi) is 1.61. The maximum absolute atomic E-state index is 5.55. The summed E-state index contributed by atoms with van der Waals surface area (Å²) in [6, 6.07) is 0. The van der Waals surface area contributed by atoms with Crippen LogP contribution in [-0.2, 0) is 4.74 Å². The zero-order chi connectivity index (χ0) is 8.98. The number of ether oxygens (including phenoxy) is 1. The lowest BCUT2D eigenvalue weighted by Crippen LogP contribution is -2.26. The van der Waals surface area contributed by atoms with Crippen LogP contribution in [-0.4, -0.2) is 13.2 Å². The average molecular weight is 168 g/mol. The first kappa shape index (κ1) is 8.55.